The van der Waals surface area contributed by atoms with E-state index in [1.807, 2.05) is 37.6 Å². The Hall–Kier alpha value is -3.17. The Kier molecular flexibility index (Phi) is 5.21. The quantitative estimate of drug-likeness (QED) is 0.481. The number of ether oxygens (including phenoxy) is 3. The number of benzene rings is 1. The minimum absolute atomic E-state index is 0.0909. The zero-order valence-corrected chi connectivity index (χ0v) is 18.4. The third-order valence-corrected chi connectivity index (χ3v) is 6.23. The van der Waals surface area contributed by atoms with Gasteiger partial charge in [-0.15, -0.1) is 11.3 Å². The van der Waals surface area contributed by atoms with Gasteiger partial charge in [-0.05, 0) is 19.1 Å². The van der Waals surface area contributed by atoms with Crippen LogP contribution in [0.3, 0.4) is 0 Å². The molecule has 1 atom stereocenters. The van der Waals surface area contributed by atoms with Crippen LogP contribution in [0.25, 0.3) is 21.3 Å². The average Bonchev–Trinajstić information content (AvgIpc) is 3.49. The molecule has 0 spiro atoms. The van der Waals surface area contributed by atoms with Crippen LogP contribution in [-0.4, -0.2) is 46.2 Å². The molecule has 1 saturated heterocycles. The van der Waals surface area contributed by atoms with Crippen molar-refractivity contribution in [3.05, 3.63) is 41.7 Å². The van der Waals surface area contributed by atoms with E-state index in [1.54, 1.807) is 29.3 Å². The molecule has 0 amide bonds. The number of thiophene rings is 1. The lowest BCUT2D eigenvalue weighted by Gasteiger charge is -2.15. The number of methoxy groups -OCH3 is 1. The van der Waals surface area contributed by atoms with Gasteiger partial charge in [0, 0.05) is 41.7 Å². The molecule has 1 N–H and O–H groups in total. The fourth-order valence-electron chi connectivity index (χ4n) is 3.75. The van der Waals surface area contributed by atoms with Crippen molar-refractivity contribution in [2.45, 2.75) is 19.4 Å². The third-order valence-electron chi connectivity index (χ3n) is 5.20. The van der Waals surface area contributed by atoms with E-state index in [0.717, 1.165) is 56.4 Å². The van der Waals surface area contributed by atoms with E-state index in [9.17, 15) is 0 Å². The molecule has 1 unspecified atom stereocenters. The first-order valence-corrected chi connectivity index (χ1v) is 10.9. The van der Waals surface area contributed by atoms with E-state index in [2.05, 4.69) is 22.3 Å². The summed E-state index contributed by atoms with van der Waals surface area (Å²) in [6.07, 6.45) is 6.47. The van der Waals surface area contributed by atoms with Crippen LogP contribution in [0.5, 0.6) is 11.5 Å². The Bertz CT molecular complexity index is 1230. The van der Waals surface area contributed by atoms with Gasteiger partial charge >= 0.3 is 0 Å². The van der Waals surface area contributed by atoms with Crippen molar-refractivity contribution in [3.8, 4) is 22.6 Å². The maximum atomic E-state index is 6.05. The number of nitrogens with one attached hydrogen (secondary N) is 1. The van der Waals surface area contributed by atoms with Crippen molar-refractivity contribution in [1.82, 2.24) is 19.7 Å². The average molecular weight is 438 g/mol. The molecule has 9 heteroatoms. The van der Waals surface area contributed by atoms with Gasteiger partial charge < -0.3 is 19.5 Å². The molecule has 0 radical (unpaired) electrons. The van der Waals surface area contributed by atoms with E-state index >= 15 is 0 Å². The molecule has 1 aliphatic heterocycles. The molecule has 0 aliphatic carbocycles. The van der Waals surface area contributed by atoms with E-state index in [0.29, 0.717) is 12.6 Å². The number of aromatic nitrogens is 4. The number of nitrogens with zero attached hydrogens (tertiary/aromatic N) is 4. The first-order valence-electron chi connectivity index (χ1n) is 10.1. The zero-order valence-electron chi connectivity index (χ0n) is 17.6. The van der Waals surface area contributed by atoms with E-state index in [1.165, 1.54) is 0 Å². The highest BCUT2D eigenvalue weighted by Crippen LogP contribution is 2.42. The summed E-state index contributed by atoms with van der Waals surface area (Å²) in [5, 5.41) is 7.40. The lowest BCUT2D eigenvalue weighted by molar-refractivity contribution is 0.141. The lowest BCUT2D eigenvalue weighted by atomic mass is 10.0. The molecule has 1 aromatic carbocycles. The van der Waals surface area contributed by atoms with Gasteiger partial charge in [0.15, 0.2) is 0 Å². The Morgan fingerprint density at radius 1 is 1.29 bits per heavy atom. The molecule has 1 aliphatic rings. The van der Waals surface area contributed by atoms with E-state index in [-0.39, 0.29) is 6.10 Å². The summed E-state index contributed by atoms with van der Waals surface area (Å²) in [6, 6.07) is 5.95. The molecule has 0 saturated carbocycles. The van der Waals surface area contributed by atoms with Gasteiger partial charge in [-0.3, -0.25) is 4.68 Å². The molecule has 4 heterocycles. The second-order valence-corrected chi connectivity index (χ2v) is 8.69. The third kappa shape index (κ3) is 3.94. The van der Waals surface area contributed by atoms with E-state index in [4.69, 9.17) is 19.2 Å². The van der Waals surface area contributed by atoms with Crippen LogP contribution in [0.4, 0.5) is 11.6 Å². The predicted octanol–water partition coefficient (Wildman–Crippen LogP) is 4.32. The van der Waals surface area contributed by atoms with Crippen LogP contribution in [0, 0.1) is 6.92 Å². The number of anilines is 2. The second-order valence-electron chi connectivity index (χ2n) is 7.43. The highest BCUT2D eigenvalue weighted by atomic mass is 32.1. The van der Waals surface area contributed by atoms with Crippen molar-refractivity contribution < 1.29 is 14.2 Å². The topological polar surface area (TPSA) is 83.3 Å². The molecule has 1 fully saturated rings. The summed E-state index contributed by atoms with van der Waals surface area (Å²) >= 11 is 1.67. The maximum Gasteiger partial charge on any atom is 0.227 e. The zero-order chi connectivity index (χ0) is 21.4. The Balaban J connectivity index is 1.52. The number of hydrogen-bond donors (Lipinski definition) is 1. The van der Waals surface area contributed by atoms with Crippen molar-refractivity contribution in [2.75, 3.05) is 25.6 Å². The maximum absolute atomic E-state index is 6.05. The van der Waals surface area contributed by atoms with Crippen LogP contribution in [0.15, 0.2) is 36.8 Å². The van der Waals surface area contributed by atoms with Gasteiger partial charge in [-0.2, -0.15) is 5.10 Å². The van der Waals surface area contributed by atoms with Crippen LogP contribution < -0.4 is 14.8 Å². The van der Waals surface area contributed by atoms with Crippen LogP contribution in [0.1, 0.15) is 11.3 Å². The molecule has 5 rings (SSSR count). The van der Waals surface area contributed by atoms with Crippen molar-refractivity contribution in [3.63, 3.8) is 0 Å². The van der Waals surface area contributed by atoms with Crippen LogP contribution in [-0.2, 0) is 11.8 Å². The fourth-order valence-corrected chi connectivity index (χ4v) is 4.74. The summed E-state index contributed by atoms with van der Waals surface area (Å²) in [5.74, 6) is 2.06. The molecule has 0 bridgehead atoms. The van der Waals surface area contributed by atoms with Gasteiger partial charge in [0.2, 0.25) is 5.95 Å². The lowest BCUT2D eigenvalue weighted by Crippen LogP contribution is -2.15. The first-order chi connectivity index (χ1) is 15.1. The van der Waals surface area contributed by atoms with Crippen molar-refractivity contribution >= 4 is 33.2 Å². The smallest absolute Gasteiger partial charge is 0.227 e. The molecule has 8 nitrogen and oxygen atoms in total. The minimum atomic E-state index is 0.0909. The summed E-state index contributed by atoms with van der Waals surface area (Å²) in [4.78, 5) is 10.4. The number of aryl methyl sites for hydroxylation is 2. The summed E-state index contributed by atoms with van der Waals surface area (Å²) in [6.45, 7) is 3.46. The van der Waals surface area contributed by atoms with Gasteiger partial charge in [0.1, 0.15) is 17.6 Å². The molecule has 160 valence electrons. The Morgan fingerprint density at radius 2 is 2.19 bits per heavy atom. The summed E-state index contributed by atoms with van der Waals surface area (Å²) in [7, 11) is 3.55. The van der Waals surface area contributed by atoms with Crippen LogP contribution in [0.2, 0.25) is 0 Å². The highest BCUT2D eigenvalue weighted by Gasteiger charge is 2.21. The molecular weight excluding hydrogens is 414 g/mol. The van der Waals surface area contributed by atoms with Crippen molar-refractivity contribution in [2.24, 2.45) is 7.05 Å². The fraction of sp³-hybridized carbons (Fsp3) is 0.318. The number of fused-ring (bicyclic) bond motifs is 1. The largest absolute Gasteiger partial charge is 0.496 e. The monoisotopic (exact) mass is 437 g/mol. The van der Waals surface area contributed by atoms with Crippen molar-refractivity contribution in [1.29, 1.82) is 0 Å². The van der Waals surface area contributed by atoms with Gasteiger partial charge in [0.25, 0.3) is 0 Å². The summed E-state index contributed by atoms with van der Waals surface area (Å²) < 4.78 is 19.9. The molecule has 3 aromatic heterocycles. The normalized spacial score (nSPS) is 16.0. The standard InChI is InChI=1S/C22H23N5O3S/c1-13-20(17-5-4-15(8-18(17)28-3)30-16-6-7-29-12-16)21-19(31-13)10-23-22(26-21)25-14-9-24-27(2)11-14/h4-5,8-11,16H,6-7,12H2,1-3H3,(H,23,25,26). The second kappa shape index (κ2) is 8.16. The number of rotatable bonds is 6. The predicted molar refractivity (Wildman–Crippen MR) is 120 cm³/mol. The van der Waals surface area contributed by atoms with Gasteiger partial charge in [0.05, 0.1) is 48.6 Å². The van der Waals surface area contributed by atoms with Gasteiger partial charge in [-0.25, -0.2) is 9.97 Å². The van der Waals surface area contributed by atoms with Gasteiger partial charge in [-0.1, -0.05) is 0 Å². The summed E-state index contributed by atoms with van der Waals surface area (Å²) in [5.41, 5.74) is 3.75. The van der Waals surface area contributed by atoms with Crippen LogP contribution >= 0.6 is 11.3 Å². The highest BCUT2D eigenvalue weighted by molar-refractivity contribution is 7.19. The number of hydrogen-bond acceptors (Lipinski definition) is 8. The first kappa shape index (κ1) is 19.8. The molecule has 4 aromatic rings. The van der Waals surface area contributed by atoms with E-state index < -0.39 is 0 Å². The SMILES string of the molecule is COc1cc(OC2CCOC2)ccc1-c1c(C)sc2cnc(Nc3cnn(C)c3)nc12. The Morgan fingerprint density at radius 3 is 2.94 bits per heavy atom. The Labute approximate surface area is 183 Å². The molecule has 31 heavy (non-hydrogen) atoms. The molecular formula is C22H23N5O3S. The minimum Gasteiger partial charge on any atom is -0.496 e.